The molecule has 2 aromatic carbocycles. The van der Waals surface area contributed by atoms with Crippen molar-refractivity contribution in [2.45, 2.75) is 45.6 Å². The topological polar surface area (TPSA) is 98.2 Å². The van der Waals surface area contributed by atoms with Gasteiger partial charge in [0.05, 0.1) is 39.9 Å². The summed E-state index contributed by atoms with van der Waals surface area (Å²) in [7, 11) is 0.358. The summed E-state index contributed by atoms with van der Waals surface area (Å²) >= 11 is 1.69. The number of ether oxygens (including phenoxy) is 2. The van der Waals surface area contributed by atoms with Crippen molar-refractivity contribution in [2.24, 2.45) is 5.14 Å². The van der Waals surface area contributed by atoms with Crippen LogP contribution in [0, 0.1) is 11.3 Å². The monoisotopic (exact) mass is 497 g/mol. The summed E-state index contributed by atoms with van der Waals surface area (Å²) in [4.78, 5) is 5.84. The Labute approximate surface area is 208 Å². The van der Waals surface area contributed by atoms with Crippen molar-refractivity contribution in [3.05, 3.63) is 59.3 Å². The first-order chi connectivity index (χ1) is 16.4. The van der Waals surface area contributed by atoms with Gasteiger partial charge in [-0.15, -0.1) is 11.3 Å². The molecule has 1 heterocycles. The number of hydrogen-bond acceptors (Lipinski definition) is 6. The fraction of sp³-hybridized carbons (Fsp3) is 0.385. The van der Waals surface area contributed by atoms with Gasteiger partial charge in [0.1, 0.15) is 16.8 Å². The molecule has 1 aromatic heterocycles. The molecule has 0 radical (unpaired) electrons. The van der Waals surface area contributed by atoms with E-state index in [9.17, 15) is 9.47 Å². The van der Waals surface area contributed by atoms with Crippen molar-refractivity contribution in [1.29, 1.82) is 5.26 Å². The molecule has 0 fully saturated rings. The molecule has 4 rings (SSSR count). The summed E-state index contributed by atoms with van der Waals surface area (Å²) in [6, 6.07) is 14.6. The van der Waals surface area contributed by atoms with Crippen molar-refractivity contribution < 1.29 is 13.7 Å². The normalized spacial score (nSPS) is 13.4. The summed E-state index contributed by atoms with van der Waals surface area (Å²) in [6.07, 6.45) is 6.88. The van der Waals surface area contributed by atoms with Gasteiger partial charge in [-0.05, 0) is 74.4 Å². The highest BCUT2D eigenvalue weighted by atomic mass is 32.2. The number of nitrogens with two attached hydrogens (primary N) is 1. The van der Waals surface area contributed by atoms with Crippen LogP contribution in [0.4, 0.5) is 0 Å². The first-order valence-electron chi connectivity index (χ1n) is 11.3. The number of methoxy groups -OCH3 is 1. The predicted octanol–water partition coefficient (Wildman–Crippen LogP) is 5.27. The van der Waals surface area contributed by atoms with Crippen molar-refractivity contribution in [1.82, 2.24) is 4.98 Å². The number of rotatable bonds is 7. The van der Waals surface area contributed by atoms with Crippen molar-refractivity contribution in [3.63, 3.8) is 0 Å². The lowest BCUT2D eigenvalue weighted by Gasteiger charge is -2.18. The molecule has 34 heavy (non-hydrogen) atoms. The van der Waals surface area contributed by atoms with Gasteiger partial charge in [-0.2, -0.15) is 5.26 Å². The highest BCUT2D eigenvalue weighted by Crippen LogP contribution is 2.38. The first kappa shape index (κ1) is 26.0. The van der Waals surface area contributed by atoms with Crippen LogP contribution in [0.2, 0.25) is 0 Å². The third-order valence-electron chi connectivity index (χ3n) is 5.37. The quantitative estimate of drug-likeness (QED) is 0.479. The molecule has 0 saturated heterocycles. The average Bonchev–Trinajstić information content (AvgIpc) is 3.33. The van der Waals surface area contributed by atoms with E-state index >= 15 is 0 Å². The van der Waals surface area contributed by atoms with Crippen molar-refractivity contribution >= 4 is 22.3 Å². The second-order valence-electron chi connectivity index (χ2n) is 8.25. The van der Waals surface area contributed by atoms with Crippen LogP contribution in [0.3, 0.4) is 0 Å². The molecule has 0 saturated carbocycles. The Bertz CT molecular complexity index is 1170. The van der Waals surface area contributed by atoms with E-state index in [4.69, 9.17) is 9.88 Å². The maximum Gasteiger partial charge on any atom is 0.137 e. The Morgan fingerprint density at radius 1 is 1.24 bits per heavy atom. The molecule has 2 N–H and O–H groups in total. The third kappa shape index (κ3) is 6.97. The van der Waals surface area contributed by atoms with Crippen LogP contribution in [0.1, 0.15) is 43.4 Å². The van der Waals surface area contributed by atoms with E-state index in [-0.39, 0.29) is 6.10 Å². The molecule has 1 unspecified atom stereocenters. The number of aromatic nitrogens is 1. The minimum atomic E-state index is -1.19. The molecule has 1 aliphatic rings. The number of nitrogens with zero attached hydrogens (tertiary/aromatic N) is 2. The van der Waals surface area contributed by atoms with Gasteiger partial charge >= 0.3 is 0 Å². The number of hydrogen-bond donors (Lipinski definition) is 1. The summed E-state index contributed by atoms with van der Waals surface area (Å²) in [5, 5.41) is 15.3. The number of nitriles is 1. The fourth-order valence-electron chi connectivity index (χ4n) is 3.82. The van der Waals surface area contributed by atoms with Crippen LogP contribution >= 0.6 is 11.3 Å². The Balaban J connectivity index is 0.000000406. The largest absolute Gasteiger partial charge is 0.490 e. The zero-order chi connectivity index (χ0) is 24.5. The Morgan fingerprint density at radius 2 is 2.03 bits per heavy atom. The minimum Gasteiger partial charge on any atom is -0.490 e. The standard InChI is InChI=1S/C23H22N2OS.C3H9NO2S/c1-15(2)26-21-11-10-17(12-18(21)13-24)23-25-14-22(27-23)20-9-5-7-16-6-3-4-8-19(16)20;1-6-2-3-7(4)5/h5,7,9-12,14-15H,3-4,6,8H2,1-2H3;2-4H2,1H3. The van der Waals surface area contributed by atoms with E-state index in [1.54, 1.807) is 18.4 Å². The summed E-state index contributed by atoms with van der Waals surface area (Å²) in [5.41, 5.74) is 5.79. The molecule has 180 valence electrons. The summed E-state index contributed by atoms with van der Waals surface area (Å²) < 4.78 is 20.3. The first-order valence-corrected chi connectivity index (χ1v) is 13.5. The maximum absolute atomic E-state index is 10.0. The van der Waals surface area contributed by atoms with Crippen LogP contribution in [0.15, 0.2) is 42.6 Å². The zero-order valence-electron chi connectivity index (χ0n) is 19.9. The number of benzene rings is 2. The van der Waals surface area contributed by atoms with E-state index in [2.05, 4.69) is 34.0 Å². The van der Waals surface area contributed by atoms with Crippen LogP contribution in [0.25, 0.3) is 21.0 Å². The fourth-order valence-corrected chi connectivity index (χ4v) is 5.11. The van der Waals surface area contributed by atoms with E-state index in [1.165, 1.54) is 40.8 Å². The smallest absolute Gasteiger partial charge is 0.137 e. The molecule has 3 aromatic rings. The molecule has 0 amide bonds. The van der Waals surface area contributed by atoms with Gasteiger partial charge in [0.25, 0.3) is 0 Å². The number of thiazole rings is 1. The zero-order valence-corrected chi connectivity index (χ0v) is 21.5. The van der Waals surface area contributed by atoms with E-state index in [0.717, 1.165) is 17.0 Å². The van der Waals surface area contributed by atoms with Crippen molar-refractivity contribution in [2.75, 3.05) is 19.5 Å². The lowest BCUT2D eigenvalue weighted by molar-refractivity contribution is 0.218. The highest BCUT2D eigenvalue weighted by molar-refractivity contribution is 7.82. The second-order valence-corrected chi connectivity index (χ2v) is 10.4. The SMILES string of the molecule is CC(C)Oc1ccc(-c2ncc(-c3cccc4c3CCCC4)s2)cc1C#N.COCCS(N)=O. The molecule has 8 heteroatoms. The molecule has 0 bridgehead atoms. The van der Waals surface area contributed by atoms with Gasteiger partial charge in [-0.1, -0.05) is 18.2 Å². The molecule has 0 aliphatic heterocycles. The molecular weight excluding hydrogens is 466 g/mol. The van der Waals surface area contributed by atoms with Crippen LogP contribution in [-0.4, -0.2) is 34.8 Å². The van der Waals surface area contributed by atoms with E-state index in [0.29, 0.717) is 23.7 Å². The molecule has 1 aliphatic carbocycles. The van der Waals surface area contributed by atoms with Gasteiger partial charge in [-0.25, -0.2) is 9.19 Å². The Morgan fingerprint density at radius 3 is 2.71 bits per heavy atom. The van der Waals surface area contributed by atoms with Crippen LogP contribution in [-0.2, 0) is 28.6 Å². The maximum atomic E-state index is 10.0. The third-order valence-corrected chi connectivity index (χ3v) is 7.01. The van der Waals surface area contributed by atoms with Gasteiger partial charge in [0.2, 0.25) is 0 Å². The van der Waals surface area contributed by atoms with Crippen LogP contribution < -0.4 is 9.88 Å². The Kier molecular flexibility index (Phi) is 9.78. The molecule has 6 nitrogen and oxygen atoms in total. The molecular formula is C26H31N3O3S2. The van der Waals surface area contributed by atoms with E-state index in [1.807, 2.05) is 38.2 Å². The van der Waals surface area contributed by atoms with Crippen molar-refractivity contribution in [3.8, 4) is 32.8 Å². The summed E-state index contributed by atoms with van der Waals surface area (Å²) in [6.45, 7) is 4.40. The van der Waals surface area contributed by atoms with Gasteiger partial charge in [0, 0.05) is 18.9 Å². The summed E-state index contributed by atoms with van der Waals surface area (Å²) in [5.74, 6) is 1.06. The van der Waals surface area contributed by atoms with Gasteiger partial charge in [-0.3, -0.25) is 5.14 Å². The average molecular weight is 498 g/mol. The second kappa shape index (κ2) is 12.8. The Hall–Kier alpha value is -2.57. The molecule has 1 atom stereocenters. The van der Waals surface area contributed by atoms with E-state index < -0.39 is 11.0 Å². The lowest BCUT2D eigenvalue weighted by atomic mass is 9.88. The lowest BCUT2D eigenvalue weighted by Crippen LogP contribution is -2.11. The molecule has 0 spiro atoms. The predicted molar refractivity (Wildman–Crippen MR) is 139 cm³/mol. The number of aryl methyl sites for hydroxylation is 1. The van der Waals surface area contributed by atoms with Gasteiger partial charge in [0.15, 0.2) is 0 Å². The van der Waals surface area contributed by atoms with Crippen LogP contribution in [0.5, 0.6) is 5.75 Å². The number of fused-ring (bicyclic) bond motifs is 1. The minimum absolute atomic E-state index is 0.0404. The van der Waals surface area contributed by atoms with Gasteiger partial charge < -0.3 is 9.47 Å². The highest BCUT2D eigenvalue weighted by Gasteiger charge is 2.17.